The highest BCUT2D eigenvalue weighted by atomic mass is 16.5. The monoisotopic (exact) mass is 187 g/mol. The first-order valence-corrected chi connectivity index (χ1v) is 5.00. The van der Waals surface area contributed by atoms with Gasteiger partial charge >= 0.3 is 5.97 Å². The maximum absolute atomic E-state index is 10.4. The summed E-state index contributed by atoms with van der Waals surface area (Å²) in [5, 5.41) is 0. The minimum absolute atomic E-state index is 0.167. The molecule has 1 atom stereocenters. The van der Waals surface area contributed by atoms with Gasteiger partial charge in [0, 0.05) is 19.4 Å². The van der Waals surface area contributed by atoms with Crippen molar-refractivity contribution in [1.29, 1.82) is 0 Å². The smallest absolute Gasteiger partial charge is 0.302 e. The predicted molar refractivity (Wildman–Crippen MR) is 53.6 cm³/mol. The van der Waals surface area contributed by atoms with Crippen LogP contribution >= 0.6 is 0 Å². The summed E-state index contributed by atoms with van der Waals surface area (Å²) in [6, 6.07) is 0. The Bertz CT molecular complexity index is 148. The maximum atomic E-state index is 10.4. The van der Waals surface area contributed by atoms with E-state index in [9.17, 15) is 4.79 Å². The highest BCUT2D eigenvalue weighted by Crippen LogP contribution is 2.13. The van der Waals surface area contributed by atoms with E-state index in [0.717, 1.165) is 19.5 Å². The Kier molecular flexibility index (Phi) is 6.59. The highest BCUT2D eigenvalue weighted by molar-refractivity contribution is 5.65. The molecule has 1 saturated heterocycles. The molecule has 0 aromatic rings. The molecule has 0 amide bonds. The molecule has 1 rings (SSSR count). The van der Waals surface area contributed by atoms with Crippen molar-refractivity contribution in [3.8, 4) is 0 Å². The molecule has 0 saturated carbocycles. The van der Waals surface area contributed by atoms with Gasteiger partial charge in [-0.2, -0.15) is 0 Å². The Labute approximate surface area is 81.1 Å². The van der Waals surface area contributed by atoms with Gasteiger partial charge in [-0.3, -0.25) is 4.79 Å². The minimum Gasteiger partial charge on any atom is -0.466 e. The van der Waals surface area contributed by atoms with Gasteiger partial charge in [0.1, 0.15) is 0 Å². The minimum atomic E-state index is -0.167. The van der Waals surface area contributed by atoms with E-state index in [1.54, 1.807) is 0 Å². The molecule has 0 aliphatic carbocycles. The van der Waals surface area contributed by atoms with Crippen LogP contribution in [0.1, 0.15) is 27.2 Å². The Morgan fingerprint density at radius 1 is 1.54 bits per heavy atom. The molecule has 3 heteroatoms. The van der Waals surface area contributed by atoms with Crippen LogP contribution in [0, 0.1) is 5.92 Å². The molecule has 0 radical (unpaired) electrons. The Morgan fingerprint density at radius 2 is 2.15 bits per heavy atom. The molecule has 0 N–H and O–H groups in total. The van der Waals surface area contributed by atoms with Gasteiger partial charge in [-0.1, -0.05) is 13.8 Å². The zero-order valence-corrected chi connectivity index (χ0v) is 9.17. The van der Waals surface area contributed by atoms with Crippen molar-refractivity contribution in [2.45, 2.75) is 27.2 Å². The topological polar surface area (TPSA) is 29.5 Å². The normalized spacial score (nSPS) is 22.0. The fourth-order valence-electron chi connectivity index (χ4n) is 1.40. The average molecular weight is 187 g/mol. The number of carbonyl (C=O) groups is 1. The summed E-state index contributed by atoms with van der Waals surface area (Å²) >= 11 is 0. The van der Waals surface area contributed by atoms with Crippen molar-refractivity contribution < 1.29 is 9.53 Å². The van der Waals surface area contributed by atoms with E-state index in [2.05, 4.69) is 11.9 Å². The number of hydrogen-bond donors (Lipinski definition) is 0. The molecule has 0 aromatic heterocycles. The van der Waals surface area contributed by atoms with Crippen LogP contribution in [-0.4, -0.2) is 37.6 Å². The predicted octanol–water partition coefficient (Wildman–Crippen LogP) is 1.53. The summed E-state index contributed by atoms with van der Waals surface area (Å²) < 4.78 is 4.91. The standard InChI is InChI=1S/C8H15NO2.C2H6/c1-7(10)11-6-8-3-4-9(2)5-8;1-2/h8H,3-6H2,1-2H3;1-2H3. The molecule has 78 valence electrons. The van der Waals surface area contributed by atoms with Crippen LogP contribution < -0.4 is 0 Å². The Morgan fingerprint density at radius 3 is 2.54 bits per heavy atom. The average Bonchev–Trinajstić information content (AvgIpc) is 2.52. The van der Waals surface area contributed by atoms with E-state index in [4.69, 9.17) is 4.74 Å². The van der Waals surface area contributed by atoms with Gasteiger partial charge in [0.15, 0.2) is 0 Å². The molecule has 3 nitrogen and oxygen atoms in total. The van der Waals surface area contributed by atoms with E-state index < -0.39 is 0 Å². The first kappa shape index (κ1) is 12.4. The van der Waals surface area contributed by atoms with Gasteiger partial charge < -0.3 is 9.64 Å². The van der Waals surface area contributed by atoms with E-state index in [1.807, 2.05) is 13.8 Å². The Balaban J connectivity index is 0.000000671. The number of esters is 1. The van der Waals surface area contributed by atoms with Crippen LogP contribution in [-0.2, 0) is 9.53 Å². The molecule has 0 bridgehead atoms. The highest BCUT2D eigenvalue weighted by Gasteiger charge is 2.19. The molecular formula is C10H21NO2. The molecule has 0 spiro atoms. The van der Waals surface area contributed by atoms with Gasteiger partial charge in [-0.05, 0) is 20.0 Å². The fraction of sp³-hybridized carbons (Fsp3) is 0.900. The van der Waals surface area contributed by atoms with Crippen molar-refractivity contribution in [3.05, 3.63) is 0 Å². The van der Waals surface area contributed by atoms with Crippen molar-refractivity contribution in [2.75, 3.05) is 26.7 Å². The molecule has 1 heterocycles. The maximum Gasteiger partial charge on any atom is 0.302 e. The third kappa shape index (κ3) is 5.64. The second-order valence-electron chi connectivity index (χ2n) is 3.22. The second-order valence-corrected chi connectivity index (χ2v) is 3.22. The van der Waals surface area contributed by atoms with E-state index in [1.165, 1.54) is 6.92 Å². The summed E-state index contributed by atoms with van der Waals surface area (Å²) in [6.07, 6.45) is 1.16. The molecule has 1 fully saturated rings. The number of nitrogens with zero attached hydrogens (tertiary/aromatic N) is 1. The third-order valence-corrected chi connectivity index (χ3v) is 2.01. The van der Waals surface area contributed by atoms with Crippen LogP contribution in [0.2, 0.25) is 0 Å². The van der Waals surface area contributed by atoms with Crippen LogP contribution in [0.15, 0.2) is 0 Å². The first-order chi connectivity index (χ1) is 6.18. The quantitative estimate of drug-likeness (QED) is 0.614. The summed E-state index contributed by atoms with van der Waals surface area (Å²) in [5.74, 6) is 0.392. The summed E-state index contributed by atoms with van der Waals surface area (Å²) in [6.45, 7) is 8.25. The number of likely N-dealkylation sites (tertiary alicyclic amines) is 1. The van der Waals surface area contributed by atoms with Crippen LogP contribution in [0.25, 0.3) is 0 Å². The Hall–Kier alpha value is -0.570. The van der Waals surface area contributed by atoms with Crippen molar-refractivity contribution in [3.63, 3.8) is 0 Å². The fourth-order valence-corrected chi connectivity index (χ4v) is 1.40. The lowest BCUT2D eigenvalue weighted by molar-refractivity contribution is -0.142. The number of hydrogen-bond acceptors (Lipinski definition) is 3. The molecule has 1 unspecified atom stereocenters. The first-order valence-electron chi connectivity index (χ1n) is 5.00. The van der Waals surface area contributed by atoms with Gasteiger partial charge in [0.05, 0.1) is 6.61 Å². The van der Waals surface area contributed by atoms with E-state index in [0.29, 0.717) is 12.5 Å². The van der Waals surface area contributed by atoms with Crippen LogP contribution in [0.3, 0.4) is 0 Å². The van der Waals surface area contributed by atoms with E-state index in [-0.39, 0.29) is 5.97 Å². The second kappa shape index (κ2) is 6.89. The van der Waals surface area contributed by atoms with Crippen molar-refractivity contribution >= 4 is 5.97 Å². The number of ether oxygens (including phenoxy) is 1. The van der Waals surface area contributed by atoms with Crippen molar-refractivity contribution in [2.24, 2.45) is 5.92 Å². The summed E-state index contributed by atoms with van der Waals surface area (Å²) in [4.78, 5) is 12.7. The lowest BCUT2D eigenvalue weighted by Gasteiger charge is -2.09. The lowest BCUT2D eigenvalue weighted by Crippen LogP contribution is -2.17. The van der Waals surface area contributed by atoms with Crippen LogP contribution in [0.5, 0.6) is 0 Å². The zero-order chi connectivity index (χ0) is 10.3. The van der Waals surface area contributed by atoms with Crippen molar-refractivity contribution in [1.82, 2.24) is 4.90 Å². The van der Waals surface area contributed by atoms with Crippen LogP contribution in [0.4, 0.5) is 0 Å². The number of carbonyl (C=O) groups excluding carboxylic acids is 1. The van der Waals surface area contributed by atoms with Gasteiger partial charge in [-0.15, -0.1) is 0 Å². The van der Waals surface area contributed by atoms with Gasteiger partial charge in [-0.25, -0.2) is 0 Å². The lowest BCUT2D eigenvalue weighted by atomic mass is 10.1. The van der Waals surface area contributed by atoms with Gasteiger partial charge in [0.2, 0.25) is 0 Å². The zero-order valence-electron chi connectivity index (χ0n) is 9.17. The molecular weight excluding hydrogens is 166 g/mol. The number of rotatable bonds is 2. The summed E-state index contributed by atoms with van der Waals surface area (Å²) in [5.41, 5.74) is 0. The largest absolute Gasteiger partial charge is 0.466 e. The molecule has 13 heavy (non-hydrogen) atoms. The SMILES string of the molecule is CC.CC(=O)OCC1CCN(C)C1. The molecule has 1 aliphatic heterocycles. The third-order valence-electron chi connectivity index (χ3n) is 2.01. The molecule has 0 aromatic carbocycles. The molecule has 1 aliphatic rings. The summed E-state index contributed by atoms with van der Waals surface area (Å²) in [7, 11) is 2.09. The van der Waals surface area contributed by atoms with Gasteiger partial charge in [0.25, 0.3) is 0 Å². The van der Waals surface area contributed by atoms with E-state index >= 15 is 0 Å².